The molecule has 0 aliphatic carbocycles. The molecular weight excluding hydrogens is 208 g/mol. The first-order valence-electron chi connectivity index (χ1n) is 5.98. The molecule has 16 heavy (non-hydrogen) atoms. The fourth-order valence-electron chi connectivity index (χ4n) is 1.14. The molecule has 0 spiro atoms. The van der Waals surface area contributed by atoms with Crippen LogP contribution < -0.4 is 0 Å². The third-order valence-corrected chi connectivity index (χ3v) is 2.56. The summed E-state index contributed by atoms with van der Waals surface area (Å²) in [6.07, 6.45) is 1.19. The number of ether oxygens (including phenoxy) is 2. The lowest BCUT2D eigenvalue weighted by Crippen LogP contribution is -2.28. The smallest absolute Gasteiger partial charge is 0.308 e. The van der Waals surface area contributed by atoms with E-state index in [1.165, 1.54) is 0 Å². The van der Waals surface area contributed by atoms with E-state index < -0.39 is 0 Å². The number of aliphatic hydroxyl groups is 1. The van der Waals surface area contributed by atoms with Gasteiger partial charge in [-0.3, -0.25) is 4.79 Å². The van der Waals surface area contributed by atoms with Crippen LogP contribution in [-0.4, -0.2) is 36.5 Å². The molecule has 96 valence electrons. The Kier molecular flexibility index (Phi) is 8.21. The van der Waals surface area contributed by atoms with Gasteiger partial charge in [-0.25, -0.2) is 0 Å². The highest BCUT2D eigenvalue weighted by atomic mass is 16.6. The number of hydrogen-bond donors (Lipinski definition) is 1. The molecule has 0 aromatic rings. The lowest BCUT2D eigenvalue weighted by molar-refractivity contribution is -0.154. The molecule has 3 atom stereocenters. The second-order valence-electron chi connectivity index (χ2n) is 4.10. The summed E-state index contributed by atoms with van der Waals surface area (Å²) in [7, 11) is 0. The fraction of sp³-hybridized carbons (Fsp3) is 0.917. The van der Waals surface area contributed by atoms with Crippen LogP contribution in [0, 0.1) is 5.92 Å². The van der Waals surface area contributed by atoms with Crippen LogP contribution in [-0.2, 0) is 14.3 Å². The lowest BCUT2D eigenvalue weighted by atomic mass is 10.1. The zero-order valence-corrected chi connectivity index (χ0v) is 10.7. The molecule has 0 aliphatic heterocycles. The topological polar surface area (TPSA) is 55.8 Å². The monoisotopic (exact) mass is 232 g/mol. The van der Waals surface area contributed by atoms with Gasteiger partial charge in [-0.05, 0) is 19.8 Å². The first-order chi connectivity index (χ1) is 7.54. The summed E-state index contributed by atoms with van der Waals surface area (Å²) < 4.78 is 10.6. The fourth-order valence-corrected chi connectivity index (χ4v) is 1.14. The highest BCUT2D eigenvalue weighted by Crippen LogP contribution is 2.06. The van der Waals surface area contributed by atoms with E-state index in [1.807, 2.05) is 27.7 Å². The quantitative estimate of drug-likeness (QED) is 0.648. The normalized spacial score (nSPS) is 16.6. The largest absolute Gasteiger partial charge is 0.463 e. The van der Waals surface area contributed by atoms with Gasteiger partial charge in [0.25, 0.3) is 0 Å². The molecule has 4 heteroatoms. The van der Waals surface area contributed by atoms with Gasteiger partial charge < -0.3 is 14.6 Å². The van der Waals surface area contributed by atoms with Crippen LogP contribution in [0.25, 0.3) is 0 Å². The van der Waals surface area contributed by atoms with Crippen LogP contribution in [0.1, 0.15) is 40.5 Å². The van der Waals surface area contributed by atoms with E-state index in [-0.39, 0.29) is 37.3 Å². The number of carbonyl (C=O) groups excluding carboxylic acids is 1. The lowest BCUT2D eigenvalue weighted by Gasteiger charge is -2.20. The molecule has 0 aromatic heterocycles. The van der Waals surface area contributed by atoms with E-state index in [4.69, 9.17) is 14.6 Å². The molecular formula is C12H24O4. The standard InChI is InChI=1S/C12H24O4/c1-5-9(3)12(14)15-8-10(4)16-11(6-2)7-13/h9-11,13H,5-8H2,1-4H3. The van der Waals surface area contributed by atoms with Crippen molar-refractivity contribution in [3.63, 3.8) is 0 Å². The van der Waals surface area contributed by atoms with Gasteiger partial charge in [0.2, 0.25) is 0 Å². The van der Waals surface area contributed by atoms with Crippen LogP contribution in [0.5, 0.6) is 0 Å². The van der Waals surface area contributed by atoms with Crippen molar-refractivity contribution in [1.29, 1.82) is 0 Å². The molecule has 0 saturated heterocycles. The van der Waals surface area contributed by atoms with Crippen molar-refractivity contribution in [2.75, 3.05) is 13.2 Å². The molecule has 0 radical (unpaired) electrons. The number of esters is 1. The summed E-state index contributed by atoms with van der Waals surface area (Å²) in [5, 5.41) is 8.95. The van der Waals surface area contributed by atoms with Crippen molar-refractivity contribution in [2.24, 2.45) is 5.92 Å². The third-order valence-electron chi connectivity index (χ3n) is 2.56. The van der Waals surface area contributed by atoms with Gasteiger partial charge in [0.05, 0.1) is 24.7 Å². The van der Waals surface area contributed by atoms with Crippen LogP contribution in [0.3, 0.4) is 0 Å². The van der Waals surface area contributed by atoms with E-state index in [0.29, 0.717) is 0 Å². The summed E-state index contributed by atoms with van der Waals surface area (Å²) in [5.74, 6) is -0.248. The molecule has 0 heterocycles. The molecule has 0 amide bonds. The predicted octanol–water partition coefficient (Wildman–Crippen LogP) is 1.75. The third kappa shape index (κ3) is 6.08. The number of hydrogen-bond acceptors (Lipinski definition) is 4. The van der Waals surface area contributed by atoms with Gasteiger partial charge in [0.15, 0.2) is 0 Å². The summed E-state index contributed by atoms with van der Waals surface area (Å²) in [6.45, 7) is 7.82. The van der Waals surface area contributed by atoms with E-state index >= 15 is 0 Å². The van der Waals surface area contributed by atoms with Crippen LogP contribution in [0.4, 0.5) is 0 Å². The average Bonchev–Trinajstić information content (AvgIpc) is 2.31. The van der Waals surface area contributed by atoms with Gasteiger partial charge >= 0.3 is 5.97 Å². The van der Waals surface area contributed by atoms with Crippen molar-refractivity contribution in [2.45, 2.75) is 52.7 Å². The van der Waals surface area contributed by atoms with E-state index in [9.17, 15) is 4.79 Å². The molecule has 0 bridgehead atoms. The molecule has 0 aromatic carbocycles. The van der Waals surface area contributed by atoms with Crippen LogP contribution in [0.2, 0.25) is 0 Å². The van der Waals surface area contributed by atoms with E-state index in [1.54, 1.807) is 0 Å². The predicted molar refractivity (Wildman–Crippen MR) is 62.1 cm³/mol. The maximum Gasteiger partial charge on any atom is 0.308 e. The Balaban J connectivity index is 3.80. The average molecular weight is 232 g/mol. The Morgan fingerprint density at radius 1 is 1.25 bits per heavy atom. The molecule has 0 fully saturated rings. The van der Waals surface area contributed by atoms with Crippen molar-refractivity contribution in [3.8, 4) is 0 Å². The van der Waals surface area contributed by atoms with Crippen LogP contribution >= 0.6 is 0 Å². The summed E-state index contributed by atoms with van der Waals surface area (Å²) >= 11 is 0. The van der Waals surface area contributed by atoms with Gasteiger partial charge in [0.1, 0.15) is 6.61 Å². The van der Waals surface area contributed by atoms with Gasteiger partial charge in [-0.1, -0.05) is 20.8 Å². The second-order valence-corrected chi connectivity index (χ2v) is 4.10. The van der Waals surface area contributed by atoms with Crippen LogP contribution in [0.15, 0.2) is 0 Å². The Hall–Kier alpha value is -0.610. The maximum absolute atomic E-state index is 11.4. The minimum atomic E-state index is -0.185. The van der Waals surface area contributed by atoms with Gasteiger partial charge in [-0.2, -0.15) is 0 Å². The molecule has 3 unspecified atom stereocenters. The van der Waals surface area contributed by atoms with Crippen molar-refractivity contribution in [3.05, 3.63) is 0 Å². The van der Waals surface area contributed by atoms with Crippen molar-refractivity contribution < 1.29 is 19.4 Å². The minimum absolute atomic E-state index is 0.000148. The Bertz CT molecular complexity index is 189. The Labute approximate surface area is 97.9 Å². The van der Waals surface area contributed by atoms with Crippen molar-refractivity contribution >= 4 is 5.97 Å². The zero-order valence-electron chi connectivity index (χ0n) is 10.7. The molecule has 0 saturated carbocycles. The first kappa shape index (κ1) is 15.4. The Morgan fingerprint density at radius 2 is 1.88 bits per heavy atom. The zero-order chi connectivity index (χ0) is 12.6. The highest BCUT2D eigenvalue weighted by Gasteiger charge is 2.15. The van der Waals surface area contributed by atoms with Crippen molar-refractivity contribution in [1.82, 2.24) is 0 Å². The van der Waals surface area contributed by atoms with Gasteiger partial charge in [0, 0.05) is 0 Å². The molecule has 0 rings (SSSR count). The highest BCUT2D eigenvalue weighted by molar-refractivity contribution is 5.71. The van der Waals surface area contributed by atoms with Gasteiger partial charge in [-0.15, -0.1) is 0 Å². The maximum atomic E-state index is 11.4. The summed E-state index contributed by atoms with van der Waals surface area (Å²) in [5.41, 5.74) is 0. The first-order valence-corrected chi connectivity index (χ1v) is 5.98. The molecule has 4 nitrogen and oxygen atoms in total. The minimum Gasteiger partial charge on any atom is -0.463 e. The number of rotatable bonds is 8. The van der Waals surface area contributed by atoms with E-state index in [0.717, 1.165) is 12.8 Å². The second kappa shape index (κ2) is 8.53. The Morgan fingerprint density at radius 3 is 2.31 bits per heavy atom. The SMILES string of the molecule is CCC(CO)OC(C)COC(=O)C(C)CC. The number of carbonyl (C=O) groups is 1. The molecule has 0 aliphatic rings. The number of aliphatic hydroxyl groups excluding tert-OH is 1. The van der Waals surface area contributed by atoms with E-state index in [2.05, 4.69) is 0 Å². The summed E-state index contributed by atoms with van der Waals surface area (Å²) in [6, 6.07) is 0. The summed E-state index contributed by atoms with van der Waals surface area (Å²) in [4.78, 5) is 11.4. The molecule has 1 N–H and O–H groups in total.